The lowest BCUT2D eigenvalue weighted by molar-refractivity contribution is -0.130. The molecule has 1 heterocycles. The van der Waals surface area contributed by atoms with E-state index in [9.17, 15) is 4.79 Å². The number of likely N-dealkylation sites (tertiary alicyclic amines) is 1. The van der Waals surface area contributed by atoms with Gasteiger partial charge in [0.05, 0.1) is 12.5 Å². The number of carbonyl (C=O) groups is 1. The van der Waals surface area contributed by atoms with E-state index in [0.29, 0.717) is 35.0 Å². The molecule has 2 aliphatic rings. The van der Waals surface area contributed by atoms with E-state index in [1.165, 1.54) is 32.1 Å². The minimum Gasteiger partial charge on any atom is -0.411 e. The molecule has 3 nitrogen and oxygen atoms in total. The van der Waals surface area contributed by atoms with Crippen LogP contribution in [-0.4, -0.2) is 37.8 Å². The minimum absolute atomic E-state index is 0.128. The van der Waals surface area contributed by atoms with Crippen LogP contribution in [-0.2, 0) is 9.22 Å². The molecule has 2 fully saturated rings. The third-order valence-electron chi connectivity index (χ3n) is 6.22. The van der Waals surface area contributed by atoms with Gasteiger partial charge in [0, 0.05) is 12.6 Å². The maximum atomic E-state index is 12.5. The van der Waals surface area contributed by atoms with Crippen LogP contribution in [0.4, 0.5) is 0 Å². The second-order valence-corrected chi connectivity index (χ2v) is 14.0. The lowest BCUT2D eigenvalue weighted by Crippen LogP contribution is -2.50. The molecular formula is C19H37NO2Si. The molecule has 1 aliphatic carbocycles. The second-order valence-electron chi connectivity index (χ2n) is 8.60. The van der Waals surface area contributed by atoms with Crippen LogP contribution in [0.1, 0.15) is 80.1 Å². The van der Waals surface area contributed by atoms with Crippen LogP contribution in [0.15, 0.2) is 0 Å². The van der Waals surface area contributed by atoms with Crippen molar-refractivity contribution in [2.45, 2.75) is 109 Å². The highest BCUT2D eigenvalue weighted by Crippen LogP contribution is 2.44. The molecule has 134 valence electrons. The Morgan fingerprint density at radius 2 is 1.48 bits per heavy atom. The summed E-state index contributed by atoms with van der Waals surface area (Å²) in [5.74, 6) is 0.334. The Morgan fingerprint density at radius 3 is 1.96 bits per heavy atom. The Labute approximate surface area is 144 Å². The summed E-state index contributed by atoms with van der Waals surface area (Å²) in [5.41, 5.74) is 1.75. The third kappa shape index (κ3) is 3.84. The molecule has 23 heavy (non-hydrogen) atoms. The van der Waals surface area contributed by atoms with E-state index >= 15 is 0 Å². The molecule has 1 atom stereocenters. The summed E-state index contributed by atoms with van der Waals surface area (Å²) in [4.78, 5) is 14.7. The van der Waals surface area contributed by atoms with Crippen LogP contribution >= 0.6 is 0 Å². The molecule has 0 aromatic carbocycles. The molecule has 0 radical (unpaired) electrons. The fraction of sp³-hybridized carbons (Fsp3) is 0.947. The van der Waals surface area contributed by atoms with Crippen molar-refractivity contribution >= 4 is 14.2 Å². The van der Waals surface area contributed by atoms with E-state index in [1.807, 2.05) is 0 Å². The summed E-state index contributed by atoms with van der Waals surface area (Å²) in [6, 6.07) is 0.484. The standard InChI is InChI=1S/C19H37NO2Si/c1-14(2)23(15(3)4,16(5)6)22-18-12-19(21)20(13-18)17-10-8-7-9-11-17/h14-18H,7-13H2,1-6H3. The molecule has 1 amide bonds. The van der Waals surface area contributed by atoms with Gasteiger partial charge in [-0.3, -0.25) is 4.79 Å². The second kappa shape index (κ2) is 7.69. The summed E-state index contributed by atoms with van der Waals surface area (Å²) in [5, 5.41) is 0. The van der Waals surface area contributed by atoms with E-state index in [1.54, 1.807) is 0 Å². The summed E-state index contributed by atoms with van der Waals surface area (Å²) in [6.07, 6.45) is 7.02. The molecule has 2 rings (SSSR count). The maximum absolute atomic E-state index is 12.5. The van der Waals surface area contributed by atoms with Gasteiger partial charge in [-0.1, -0.05) is 60.8 Å². The molecule has 1 aliphatic heterocycles. The first-order valence-corrected chi connectivity index (χ1v) is 11.9. The zero-order chi connectivity index (χ0) is 17.2. The van der Waals surface area contributed by atoms with Crippen LogP contribution in [0.3, 0.4) is 0 Å². The van der Waals surface area contributed by atoms with Crippen molar-refractivity contribution in [3.63, 3.8) is 0 Å². The van der Waals surface area contributed by atoms with Gasteiger partial charge in [0.15, 0.2) is 0 Å². The molecule has 1 unspecified atom stereocenters. The Balaban J connectivity index is 2.08. The van der Waals surface area contributed by atoms with Crippen molar-refractivity contribution in [2.75, 3.05) is 6.54 Å². The molecule has 0 aromatic rings. The van der Waals surface area contributed by atoms with Gasteiger partial charge in [0.1, 0.15) is 0 Å². The smallest absolute Gasteiger partial charge is 0.225 e. The number of carbonyl (C=O) groups excluding carboxylic acids is 1. The summed E-state index contributed by atoms with van der Waals surface area (Å²) in [6.45, 7) is 14.8. The van der Waals surface area contributed by atoms with E-state index in [0.717, 1.165) is 6.54 Å². The fourth-order valence-corrected chi connectivity index (χ4v) is 10.8. The zero-order valence-corrected chi connectivity index (χ0v) is 17.1. The van der Waals surface area contributed by atoms with Gasteiger partial charge in [-0.2, -0.15) is 0 Å². The Morgan fingerprint density at radius 1 is 0.957 bits per heavy atom. The number of nitrogens with zero attached hydrogens (tertiary/aromatic N) is 1. The predicted molar refractivity (Wildman–Crippen MR) is 99.1 cm³/mol. The van der Waals surface area contributed by atoms with Crippen LogP contribution in [0.2, 0.25) is 16.6 Å². The van der Waals surface area contributed by atoms with E-state index in [-0.39, 0.29) is 6.10 Å². The van der Waals surface area contributed by atoms with Gasteiger partial charge in [0.2, 0.25) is 14.2 Å². The van der Waals surface area contributed by atoms with Crippen LogP contribution in [0.5, 0.6) is 0 Å². The van der Waals surface area contributed by atoms with Gasteiger partial charge < -0.3 is 9.33 Å². The van der Waals surface area contributed by atoms with Gasteiger partial charge in [0.25, 0.3) is 0 Å². The monoisotopic (exact) mass is 339 g/mol. The van der Waals surface area contributed by atoms with Crippen molar-refractivity contribution in [3.05, 3.63) is 0 Å². The first-order chi connectivity index (χ1) is 10.8. The Kier molecular flexibility index (Phi) is 6.34. The average Bonchev–Trinajstić information content (AvgIpc) is 2.85. The van der Waals surface area contributed by atoms with Crippen molar-refractivity contribution in [2.24, 2.45) is 0 Å². The Hall–Kier alpha value is -0.353. The lowest BCUT2D eigenvalue weighted by Gasteiger charge is -2.44. The SMILES string of the molecule is CC(C)[Si](OC1CC(=O)N(C2CCCCC2)C1)(C(C)C)C(C)C. The van der Waals surface area contributed by atoms with Crippen LogP contribution in [0.25, 0.3) is 0 Å². The number of hydrogen-bond acceptors (Lipinski definition) is 2. The zero-order valence-electron chi connectivity index (χ0n) is 16.1. The highest BCUT2D eigenvalue weighted by Gasteiger charge is 2.48. The van der Waals surface area contributed by atoms with Crippen molar-refractivity contribution in [1.82, 2.24) is 4.90 Å². The molecule has 0 spiro atoms. The molecule has 1 saturated carbocycles. The number of amides is 1. The minimum atomic E-state index is -1.88. The average molecular weight is 340 g/mol. The predicted octanol–water partition coefficient (Wildman–Crippen LogP) is 5.11. The number of hydrogen-bond donors (Lipinski definition) is 0. The topological polar surface area (TPSA) is 29.5 Å². The summed E-state index contributed by atoms with van der Waals surface area (Å²) < 4.78 is 6.85. The molecule has 0 bridgehead atoms. The van der Waals surface area contributed by atoms with Gasteiger partial charge >= 0.3 is 0 Å². The van der Waals surface area contributed by atoms with Gasteiger partial charge in [-0.25, -0.2) is 0 Å². The van der Waals surface area contributed by atoms with Gasteiger partial charge in [-0.15, -0.1) is 0 Å². The van der Waals surface area contributed by atoms with Gasteiger partial charge in [-0.05, 0) is 29.5 Å². The summed E-state index contributed by atoms with van der Waals surface area (Å²) >= 11 is 0. The molecule has 0 N–H and O–H groups in total. The normalized spacial score (nSPS) is 24.5. The van der Waals surface area contributed by atoms with Crippen molar-refractivity contribution in [3.8, 4) is 0 Å². The third-order valence-corrected chi connectivity index (χ3v) is 12.4. The molecule has 1 saturated heterocycles. The summed E-state index contributed by atoms with van der Waals surface area (Å²) in [7, 11) is -1.88. The number of rotatable bonds is 6. The van der Waals surface area contributed by atoms with Crippen molar-refractivity contribution in [1.29, 1.82) is 0 Å². The largest absolute Gasteiger partial charge is 0.411 e. The van der Waals surface area contributed by atoms with Crippen molar-refractivity contribution < 1.29 is 9.22 Å². The molecular weight excluding hydrogens is 302 g/mol. The quantitative estimate of drug-likeness (QED) is 0.629. The first-order valence-electron chi connectivity index (χ1n) is 9.76. The first kappa shape index (κ1) is 19.0. The highest BCUT2D eigenvalue weighted by molar-refractivity contribution is 6.77. The van der Waals surface area contributed by atoms with E-state index < -0.39 is 8.32 Å². The maximum Gasteiger partial charge on any atom is 0.225 e. The molecule has 0 aromatic heterocycles. The highest BCUT2D eigenvalue weighted by atomic mass is 28.4. The van der Waals surface area contributed by atoms with E-state index in [4.69, 9.17) is 4.43 Å². The Bertz CT molecular complexity index is 380. The molecule has 4 heteroatoms. The van der Waals surface area contributed by atoms with Crippen LogP contribution in [0, 0.1) is 0 Å². The van der Waals surface area contributed by atoms with Crippen LogP contribution < -0.4 is 0 Å². The lowest BCUT2D eigenvalue weighted by atomic mass is 9.94. The fourth-order valence-electron chi connectivity index (χ4n) is 5.22. The van der Waals surface area contributed by atoms with E-state index in [2.05, 4.69) is 46.4 Å².